The molecule has 1 aliphatic heterocycles. The van der Waals surface area contributed by atoms with Gasteiger partial charge in [0.15, 0.2) is 6.29 Å². The Labute approximate surface area is 104 Å². The third-order valence-electron chi connectivity index (χ3n) is 1.85. The van der Waals surface area contributed by atoms with Crippen LogP contribution in [0.4, 0.5) is 0 Å². The maximum absolute atomic E-state index is 10.4. The van der Waals surface area contributed by atoms with Crippen molar-refractivity contribution in [3.63, 3.8) is 0 Å². The summed E-state index contributed by atoms with van der Waals surface area (Å²) >= 11 is 4.99. The number of carboxylic acid groups (broad SMARTS) is 1. The first kappa shape index (κ1) is 15.3. The van der Waals surface area contributed by atoms with Crippen LogP contribution in [-0.2, 0) is 9.59 Å². The summed E-state index contributed by atoms with van der Waals surface area (Å²) in [6.45, 7) is 3.03. The third-order valence-corrected chi connectivity index (χ3v) is 2.36. The third kappa shape index (κ3) is 5.84. The SMILES string of the molecule is C=CC(=O)O.O=CC1=NC=CC(CCO)C1=S. The normalized spacial score (nSPS) is 17.6. The van der Waals surface area contributed by atoms with E-state index in [2.05, 4.69) is 11.6 Å². The van der Waals surface area contributed by atoms with Crippen LogP contribution in [0.5, 0.6) is 0 Å². The van der Waals surface area contributed by atoms with Gasteiger partial charge in [0.1, 0.15) is 5.71 Å². The monoisotopic (exact) mass is 255 g/mol. The molecule has 1 aliphatic rings. The van der Waals surface area contributed by atoms with E-state index in [1.165, 1.54) is 0 Å². The zero-order valence-corrected chi connectivity index (χ0v) is 9.89. The molecule has 0 aromatic heterocycles. The molecule has 0 amide bonds. The summed E-state index contributed by atoms with van der Waals surface area (Å²) in [5.74, 6) is -0.993. The van der Waals surface area contributed by atoms with Crippen molar-refractivity contribution in [2.45, 2.75) is 6.42 Å². The van der Waals surface area contributed by atoms with E-state index >= 15 is 0 Å². The fourth-order valence-electron chi connectivity index (χ4n) is 1.02. The molecule has 5 nitrogen and oxygen atoms in total. The van der Waals surface area contributed by atoms with Gasteiger partial charge in [0.25, 0.3) is 0 Å². The smallest absolute Gasteiger partial charge is 0.327 e. The molecule has 0 bridgehead atoms. The van der Waals surface area contributed by atoms with Crippen molar-refractivity contribution in [2.75, 3.05) is 6.61 Å². The molecule has 1 rings (SSSR count). The molecule has 0 aromatic rings. The van der Waals surface area contributed by atoms with Crippen molar-refractivity contribution >= 4 is 35.0 Å². The minimum absolute atomic E-state index is 0.0114. The number of rotatable bonds is 4. The lowest BCUT2D eigenvalue weighted by Gasteiger charge is -2.14. The Bertz CT molecular complexity index is 374. The van der Waals surface area contributed by atoms with Gasteiger partial charge in [-0.2, -0.15) is 0 Å². The average molecular weight is 255 g/mol. The van der Waals surface area contributed by atoms with Crippen LogP contribution in [-0.4, -0.2) is 39.7 Å². The summed E-state index contributed by atoms with van der Waals surface area (Å²) in [5, 5.41) is 16.3. The lowest BCUT2D eigenvalue weighted by molar-refractivity contribution is -0.131. The Kier molecular flexibility index (Phi) is 7.66. The van der Waals surface area contributed by atoms with E-state index in [0.29, 0.717) is 23.3 Å². The van der Waals surface area contributed by atoms with Gasteiger partial charge in [0.2, 0.25) is 0 Å². The first-order valence-corrected chi connectivity index (χ1v) is 5.17. The molecular weight excluding hydrogens is 242 g/mol. The molecule has 2 N–H and O–H groups in total. The molecule has 17 heavy (non-hydrogen) atoms. The quantitative estimate of drug-likeness (QED) is 0.440. The second kappa shape index (κ2) is 8.49. The van der Waals surface area contributed by atoms with Crippen molar-refractivity contribution in [1.82, 2.24) is 0 Å². The van der Waals surface area contributed by atoms with Crippen LogP contribution in [0.15, 0.2) is 29.9 Å². The first-order valence-electron chi connectivity index (χ1n) is 4.76. The van der Waals surface area contributed by atoms with Gasteiger partial charge in [-0.3, -0.25) is 9.79 Å². The Morgan fingerprint density at radius 1 is 1.65 bits per heavy atom. The molecule has 0 aliphatic carbocycles. The van der Waals surface area contributed by atoms with E-state index in [0.717, 1.165) is 6.08 Å². The lowest BCUT2D eigenvalue weighted by atomic mass is 9.97. The van der Waals surface area contributed by atoms with E-state index in [9.17, 15) is 9.59 Å². The molecule has 0 saturated heterocycles. The maximum atomic E-state index is 10.4. The number of aliphatic imine (C=N–C) groups is 1. The highest BCUT2D eigenvalue weighted by Gasteiger charge is 2.18. The van der Waals surface area contributed by atoms with E-state index in [-0.39, 0.29) is 12.5 Å². The highest BCUT2D eigenvalue weighted by Crippen LogP contribution is 2.13. The summed E-state index contributed by atoms with van der Waals surface area (Å²) in [4.78, 5) is 24.0. The molecule has 0 saturated carbocycles. The van der Waals surface area contributed by atoms with Gasteiger partial charge < -0.3 is 10.2 Å². The molecule has 0 spiro atoms. The fourth-order valence-corrected chi connectivity index (χ4v) is 1.32. The number of carboxylic acids is 1. The number of aliphatic hydroxyl groups is 1. The number of aldehydes is 1. The van der Waals surface area contributed by atoms with Gasteiger partial charge in [0, 0.05) is 24.8 Å². The fraction of sp³-hybridized carbons (Fsp3) is 0.273. The predicted octanol–water partition coefficient (Wildman–Crippen LogP) is 0.779. The second-order valence-electron chi connectivity index (χ2n) is 3.00. The van der Waals surface area contributed by atoms with Gasteiger partial charge in [-0.25, -0.2) is 4.79 Å². The summed E-state index contributed by atoms with van der Waals surface area (Å²) in [6.07, 6.45) is 5.39. The van der Waals surface area contributed by atoms with Crippen LogP contribution in [0.1, 0.15) is 6.42 Å². The Morgan fingerprint density at radius 2 is 2.24 bits per heavy atom. The average Bonchev–Trinajstić information content (AvgIpc) is 2.33. The van der Waals surface area contributed by atoms with Gasteiger partial charge in [-0.1, -0.05) is 24.9 Å². The summed E-state index contributed by atoms with van der Waals surface area (Å²) < 4.78 is 0. The Hall–Kier alpha value is -1.66. The van der Waals surface area contributed by atoms with Gasteiger partial charge in [0.05, 0.1) is 4.86 Å². The number of nitrogens with zero attached hydrogens (tertiary/aromatic N) is 1. The first-order chi connectivity index (χ1) is 8.06. The molecule has 0 fully saturated rings. The van der Waals surface area contributed by atoms with Gasteiger partial charge in [-0.05, 0) is 6.42 Å². The van der Waals surface area contributed by atoms with Crippen molar-refractivity contribution in [3.05, 3.63) is 24.9 Å². The topological polar surface area (TPSA) is 87.0 Å². The molecule has 1 heterocycles. The number of aliphatic carboxylic acids is 1. The van der Waals surface area contributed by atoms with Crippen LogP contribution >= 0.6 is 12.2 Å². The van der Waals surface area contributed by atoms with Crippen LogP contribution in [0.25, 0.3) is 0 Å². The highest BCUT2D eigenvalue weighted by atomic mass is 32.1. The number of allylic oxidation sites excluding steroid dienone is 1. The molecule has 6 heteroatoms. The summed E-state index contributed by atoms with van der Waals surface area (Å²) in [7, 11) is 0. The van der Waals surface area contributed by atoms with Gasteiger partial charge in [-0.15, -0.1) is 0 Å². The van der Waals surface area contributed by atoms with Crippen LogP contribution < -0.4 is 0 Å². The molecule has 0 aromatic carbocycles. The van der Waals surface area contributed by atoms with E-state index in [4.69, 9.17) is 22.4 Å². The van der Waals surface area contributed by atoms with E-state index in [1.54, 1.807) is 12.3 Å². The second-order valence-corrected chi connectivity index (χ2v) is 3.44. The number of aliphatic hydroxyl groups excluding tert-OH is 1. The summed E-state index contributed by atoms with van der Waals surface area (Å²) in [5.41, 5.74) is 0.311. The molecule has 92 valence electrons. The van der Waals surface area contributed by atoms with Crippen molar-refractivity contribution in [1.29, 1.82) is 0 Å². The zero-order chi connectivity index (χ0) is 13.3. The van der Waals surface area contributed by atoms with Gasteiger partial charge >= 0.3 is 5.97 Å². The predicted molar refractivity (Wildman–Crippen MR) is 68.3 cm³/mol. The van der Waals surface area contributed by atoms with Crippen molar-refractivity contribution in [3.8, 4) is 0 Å². The zero-order valence-electron chi connectivity index (χ0n) is 9.07. The maximum Gasteiger partial charge on any atom is 0.327 e. The Balaban J connectivity index is 0.000000437. The minimum Gasteiger partial charge on any atom is -0.478 e. The molecular formula is C11H13NO4S. The number of hydrogen-bond acceptors (Lipinski definition) is 5. The van der Waals surface area contributed by atoms with E-state index in [1.807, 2.05) is 0 Å². The Morgan fingerprint density at radius 3 is 2.65 bits per heavy atom. The number of hydrogen-bond donors (Lipinski definition) is 2. The molecule has 1 atom stereocenters. The number of carbonyl (C=O) groups excluding carboxylic acids is 1. The lowest BCUT2D eigenvalue weighted by Crippen LogP contribution is -2.24. The molecule has 0 radical (unpaired) electrons. The van der Waals surface area contributed by atoms with Crippen molar-refractivity contribution < 1.29 is 19.8 Å². The van der Waals surface area contributed by atoms with Crippen LogP contribution in [0, 0.1) is 5.92 Å². The molecule has 1 unspecified atom stereocenters. The van der Waals surface area contributed by atoms with E-state index < -0.39 is 5.97 Å². The standard InChI is InChI=1S/C8H9NO2S.C3H4O2/c10-4-2-6-1-3-9-7(5-11)8(6)12;1-2-3(4)5/h1,3,5-6,10H,2,4H2;2H,1H2,(H,4,5). The highest BCUT2D eigenvalue weighted by molar-refractivity contribution is 7.82. The number of carbonyl (C=O) groups is 2. The number of thiocarbonyl (C=S) groups is 1. The van der Waals surface area contributed by atoms with Crippen LogP contribution in [0.2, 0.25) is 0 Å². The summed E-state index contributed by atoms with van der Waals surface area (Å²) in [6, 6.07) is 0. The van der Waals surface area contributed by atoms with Crippen molar-refractivity contribution in [2.24, 2.45) is 10.9 Å². The van der Waals surface area contributed by atoms with Crippen LogP contribution in [0.3, 0.4) is 0 Å². The minimum atomic E-state index is -0.981. The largest absolute Gasteiger partial charge is 0.478 e.